The van der Waals surface area contributed by atoms with Crippen LogP contribution in [0.15, 0.2) is 42.7 Å². The van der Waals surface area contributed by atoms with Gasteiger partial charge in [0, 0.05) is 18.6 Å². The minimum atomic E-state index is -0.539. The van der Waals surface area contributed by atoms with Gasteiger partial charge in [-0.25, -0.2) is 4.98 Å². The Kier molecular flexibility index (Phi) is 4.82. The van der Waals surface area contributed by atoms with Crippen LogP contribution in [0, 0.1) is 13.8 Å². The predicted octanol–water partition coefficient (Wildman–Crippen LogP) is 4.58. The summed E-state index contributed by atoms with van der Waals surface area (Å²) in [4.78, 5) is 22.4. The van der Waals surface area contributed by atoms with Gasteiger partial charge in [-0.3, -0.25) is 4.79 Å². The molecular formula is C24H25ClN6O. The third-order valence-electron chi connectivity index (χ3n) is 6.62. The number of nitrogens with zero attached hydrogens (tertiary/aromatic N) is 6. The summed E-state index contributed by atoms with van der Waals surface area (Å²) in [5.41, 5.74) is 4.59. The highest BCUT2D eigenvalue weighted by atomic mass is 35.5. The lowest BCUT2D eigenvalue weighted by Crippen LogP contribution is -2.44. The Morgan fingerprint density at radius 1 is 1.12 bits per heavy atom. The van der Waals surface area contributed by atoms with Crippen LogP contribution in [-0.4, -0.2) is 41.9 Å². The molecule has 1 atom stereocenters. The van der Waals surface area contributed by atoms with Crippen LogP contribution < -0.4 is 0 Å². The molecule has 0 spiro atoms. The third-order valence-corrected chi connectivity index (χ3v) is 7.03. The first-order valence-electron chi connectivity index (χ1n) is 10.7. The molecule has 1 saturated heterocycles. The zero-order valence-electron chi connectivity index (χ0n) is 18.6. The standard InChI is InChI=1S/C24H25ClN6O/c1-15-6-8-19(31-26-11-12-27-31)17(14-15)22(32)30-13-5-10-24(30,3)23-28-21-16(2)18(25)7-9-20(21)29(23)4/h6-9,11-12,14H,5,10,13H2,1-4H3/t24-/m0/s1. The second-order valence-corrected chi connectivity index (χ2v) is 9.12. The highest BCUT2D eigenvalue weighted by Crippen LogP contribution is 2.41. The quantitative estimate of drug-likeness (QED) is 0.460. The van der Waals surface area contributed by atoms with E-state index in [9.17, 15) is 4.79 Å². The maximum absolute atomic E-state index is 14.0. The number of imidazole rings is 1. The van der Waals surface area contributed by atoms with Gasteiger partial charge in [0.15, 0.2) is 0 Å². The van der Waals surface area contributed by atoms with Crippen molar-refractivity contribution < 1.29 is 4.79 Å². The highest BCUT2D eigenvalue weighted by molar-refractivity contribution is 6.32. The molecule has 8 heteroatoms. The smallest absolute Gasteiger partial charge is 0.256 e. The number of aromatic nitrogens is 5. The summed E-state index contributed by atoms with van der Waals surface area (Å²) in [5.74, 6) is 0.831. The lowest BCUT2D eigenvalue weighted by molar-refractivity contribution is 0.0599. The maximum Gasteiger partial charge on any atom is 0.256 e. The normalized spacial score (nSPS) is 18.6. The molecule has 1 aliphatic heterocycles. The van der Waals surface area contributed by atoms with Gasteiger partial charge in [-0.15, -0.1) is 0 Å². The summed E-state index contributed by atoms with van der Waals surface area (Å²) in [6.07, 6.45) is 4.97. The predicted molar refractivity (Wildman–Crippen MR) is 124 cm³/mol. The Morgan fingerprint density at radius 3 is 2.62 bits per heavy atom. The number of aryl methyl sites for hydroxylation is 3. The minimum absolute atomic E-state index is 0.0391. The highest BCUT2D eigenvalue weighted by Gasteiger charge is 2.45. The van der Waals surface area contributed by atoms with Crippen LogP contribution in [0.3, 0.4) is 0 Å². The zero-order chi connectivity index (χ0) is 22.6. The number of hydrogen-bond donors (Lipinski definition) is 0. The number of benzene rings is 2. The first-order valence-corrected chi connectivity index (χ1v) is 11.1. The fraction of sp³-hybridized carbons (Fsp3) is 0.333. The summed E-state index contributed by atoms with van der Waals surface area (Å²) < 4.78 is 2.09. The number of amides is 1. The van der Waals surface area contributed by atoms with Gasteiger partial charge in [-0.05, 0) is 63.4 Å². The minimum Gasteiger partial charge on any atom is -0.329 e. The van der Waals surface area contributed by atoms with E-state index in [2.05, 4.69) is 21.7 Å². The number of carbonyl (C=O) groups is 1. The van der Waals surface area contributed by atoms with Gasteiger partial charge in [0.1, 0.15) is 5.82 Å². The van der Waals surface area contributed by atoms with E-state index in [0.29, 0.717) is 22.8 Å². The number of carbonyl (C=O) groups excluding carboxylic acids is 1. The van der Waals surface area contributed by atoms with Crippen molar-refractivity contribution in [3.05, 3.63) is 70.3 Å². The van der Waals surface area contributed by atoms with Crippen LogP contribution >= 0.6 is 11.6 Å². The molecule has 164 valence electrons. The zero-order valence-corrected chi connectivity index (χ0v) is 19.4. The molecule has 7 nitrogen and oxygen atoms in total. The second kappa shape index (κ2) is 7.45. The number of fused-ring (bicyclic) bond motifs is 1. The first-order chi connectivity index (χ1) is 15.3. The largest absolute Gasteiger partial charge is 0.329 e. The molecule has 2 aromatic heterocycles. The number of halogens is 1. The fourth-order valence-corrected chi connectivity index (χ4v) is 5.00. The van der Waals surface area contributed by atoms with Crippen molar-refractivity contribution in [1.82, 2.24) is 29.4 Å². The second-order valence-electron chi connectivity index (χ2n) is 8.71. The molecule has 2 aromatic carbocycles. The van der Waals surface area contributed by atoms with Gasteiger partial charge in [0.05, 0.1) is 40.2 Å². The number of likely N-dealkylation sites (tertiary alicyclic amines) is 1. The van der Waals surface area contributed by atoms with Gasteiger partial charge in [0.2, 0.25) is 0 Å². The summed E-state index contributed by atoms with van der Waals surface area (Å²) in [7, 11) is 2.01. The van der Waals surface area contributed by atoms with Crippen LogP contribution in [0.1, 0.15) is 47.1 Å². The van der Waals surface area contributed by atoms with E-state index in [0.717, 1.165) is 40.8 Å². The Hall–Kier alpha value is -3.19. The van der Waals surface area contributed by atoms with E-state index in [1.54, 1.807) is 12.4 Å². The molecule has 4 aromatic rings. The van der Waals surface area contributed by atoms with Crippen LogP contribution in [0.25, 0.3) is 16.7 Å². The third kappa shape index (κ3) is 3.03. The molecule has 1 fully saturated rings. The van der Waals surface area contributed by atoms with Crippen molar-refractivity contribution in [2.45, 2.75) is 39.2 Å². The molecule has 0 bridgehead atoms. The van der Waals surface area contributed by atoms with Gasteiger partial charge >= 0.3 is 0 Å². The van der Waals surface area contributed by atoms with E-state index in [1.165, 1.54) is 4.80 Å². The molecule has 3 heterocycles. The van der Waals surface area contributed by atoms with E-state index < -0.39 is 5.54 Å². The summed E-state index contributed by atoms with van der Waals surface area (Å²) in [6.45, 7) is 6.74. The average molecular weight is 449 g/mol. The average Bonchev–Trinajstić information content (AvgIpc) is 3.50. The fourth-order valence-electron chi connectivity index (χ4n) is 4.85. The van der Waals surface area contributed by atoms with E-state index in [-0.39, 0.29) is 5.91 Å². The summed E-state index contributed by atoms with van der Waals surface area (Å²) in [5, 5.41) is 9.19. The van der Waals surface area contributed by atoms with Crippen molar-refractivity contribution in [3.63, 3.8) is 0 Å². The van der Waals surface area contributed by atoms with Crippen LogP contribution in [0.4, 0.5) is 0 Å². The molecule has 1 amide bonds. The van der Waals surface area contributed by atoms with Crippen LogP contribution in [0.5, 0.6) is 0 Å². The Balaban J connectivity index is 1.63. The molecule has 0 N–H and O–H groups in total. The monoisotopic (exact) mass is 448 g/mol. The van der Waals surface area contributed by atoms with E-state index >= 15 is 0 Å². The van der Waals surface area contributed by atoms with E-state index in [1.807, 2.05) is 56.1 Å². The molecular weight excluding hydrogens is 424 g/mol. The van der Waals surface area contributed by atoms with Crippen LogP contribution in [0.2, 0.25) is 5.02 Å². The SMILES string of the molecule is Cc1ccc(-n2nccn2)c(C(=O)N2CCC[C@@]2(C)c2nc3c(C)c(Cl)ccc3n2C)c1. The molecule has 5 rings (SSSR count). The van der Waals surface area contributed by atoms with Crippen molar-refractivity contribution >= 4 is 28.5 Å². The molecule has 1 aliphatic rings. The number of hydrogen-bond acceptors (Lipinski definition) is 4. The van der Waals surface area contributed by atoms with Crippen molar-refractivity contribution in [3.8, 4) is 5.69 Å². The van der Waals surface area contributed by atoms with Crippen LogP contribution in [-0.2, 0) is 12.6 Å². The molecule has 0 saturated carbocycles. The van der Waals surface area contributed by atoms with Gasteiger partial charge < -0.3 is 9.47 Å². The lowest BCUT2D eigenvalue weighted by Gasteiger charge is -2.35. The van der Waals surface area contributed by atoms with Crippen molar-refractivity contribution in [2.75, 3.05) is 6.54 Å². The molecule has 32 heavy (non-hydrogen) atoms. The summed E-state index contributed by atoms with van der Waals surface area (Å²) >= 11 is 6.36. The topological polar surface area (TPSA) is 68.8 Å². The molecule has 0 unspecified atom stereocenters. The molecule has 0 radical (unpaired) electrons. The van der Waals surface area contributed by atoms with Crippen molar-refractivity contribution in [1.29, 1.82) is 0 Å². The van der Waals surface area contributed by atoms with Gasteiger partial charge in [-0.2, -0.15) is 15.0 Å². The van der Waals surface area contributed by atoms with Crippen molar-refractivity contribution in [2.24, 2.45) is 7.05 Å². The summed E-state index contributed by atoms with van der Waals surface area (Å²) in [6, 6.07) is 9.68. The lowest BCUT2D eigenvalue weighted by atomic mass is 9.96. The Labute approximate surface area is 191 Å². The van der Waals surface area contributed by atoms with Gasteiger partial charge in [-0.1, -0.05) is 23.2 Å². The van der Waals surface area contributed by atoms with Gasteiger partial charge in [0.25, 0.3) is 5.91 Å². The number of rotatable bonds is 3. The maximum atomic E-state index is 14.0. The first kappa shape index (κ1) is 20.7. The molecule has 0 aliphatic carbocycles. The Morgan fingerprint density at radius 2 is 1.88 bits per heavy atom. The van der Waals surface area contributed by atoms with E-state index in [4.69, 9.17) is 16.6 Å². The Bertz CT molecular complexity index is 1340.